The van der Waals surface area contributed by atoms with Crippen LogP contribution < -0.4 is 15.4 Å². The Labute approximate surface area is 212 Å². The van der Waals surface area contributed by atoms with E-state index in [0.29, 0.717) is 39.8 Å². The van der Waals surface area contributed by atoms with Gasteiger partial charge in [0.15, 0.2) is 0 Å². The largest absolute Gasteiger partial charge is 0.494 e. The lowest BCUT2D eigenvalue weighted by Crippen LogP contribution is -2.54. The molecule has 0 atom stereocenters. The standard InChI is InChI=1S/C25H27N7O3S/c1-15-19(7-16(8-27-15)29-22(33)12-31-13-25(2,3)14-31)30-23(34)18-9-28-32-11-21(36-24(18)32)17-5-6-26-10-20(17)35-4/h5-11H,12-14H2,1-4H3,(H,29,33)(H,30,34). The third-order valence-corrected chi connectivity index (χ3v) is 7.15. The maximum atomic E-state index is 13.2. The van der Waals surface area contributed by atoms with Crippen LogP contribution in [-0.2, 0) is 4.79 Å². The number of carbonyl (C=O) groups excluding carboxylic acids is 2. The Kier molecular flexibility index (Phi) is 6.19. The van der Waals surface area contributed by atoms with Crippen LogP contribution in [0.5, 0.6) is 5.75 Å². The number of anilines is 2. The van der Waals surface area contributed by atoms with Gasteiger partial charge in [0.2, 0.25) is 5.91 Å². The van der Waals surface area contributed by atoms with Crippen LogP contribution in [0.4, 0.5) is 11.4 Å². The summed E-state index contributed by atoms with van der Waals surface area (Å²) in [6, 6.07) is 3.59. The molecule has 2 amide bonds. The zero-order valence-corrected chi connectivity index (χ0v) is 21.3. The first-order valence-electron chi connectivity index (χ1n) is 11.5. The molecule has 4 aromatic rings. The summed E-state index contributed by atoms with van der Waals surface area (Å²) in [5.74, 6) is 0.229. The average Bonchev–Trinajstić information content (AvgIpc) is 3.41. The zero-order chi connectivity index (χ0) is 25.4. The minimum absolute atomic E-state index is 0.107. The molecule has 0 unspecified atom stereocenters. The minimum Gasteiger partial charge on any atom is -0.494 e. The van der Waals surface area contributed by atoms with Crippen molar-refractivity contribution in [1.29, 1.82) is 0 Å². The molecule has 0 saturated carbocycles. The smallest absolute Gasteiger partial charge is 0.260 e. The Balaban J connectivity index is 1.31. The number of carbonyl (C=O) groups is 2. The lowest BCUT2D eigenvalue weighted by atomic mass is 9.84. The molecule has 36 heavy (non-hydrogen) atoms. The molecule has 10 nitrogen and oxygen atoms in total. The van der Waals surface area contributed by atoms with Crippen LogP contribution in [0.2, 0.25) is 0 Å². The van der Waals surface area contributed by atoms with E-state index in [-0.39, 0.29) is 17.2 Å². The molecule has 1 aliphatic heterocycles. The van der Waals surface area contributed by atoms with Crippen molar-refractivity contribution in [2.75, 3.05) is 37.4 Å². The summed E-state index contributed by atoms with van der Waals surface area (Å²) < 4.78 is 7.09. The molecule has 4 aromatic heterocycles. The van der Waals surface area contributed by atoms with Gasteiger partial charge in [0, 0.05) is 31.0 Å². The topological polar surface area (TPSA) is 114 Å². The summed E-state index contributed by atoms with van der Waals surface area (Å²) in [4.78, 5) is 37.8. The molecular formula is C25H27N7O3S. The number of amides is 2. The third kappa shape index (κ3) is 4.79. The van der Waals surface area contributed by atoms with Gasteiger partial charge in [0.05, 0.1) is 59.8 Å². The summed E-state index contributed by atoms with van der Waals surface area (Å²) in [5, 5.41) is 10.1. The van der Waals surface area contributed by atoms with Crippen LogP contribution in [0.1, 0.15) is 29.9 Å². The summed E-state index contributed by atoms with van der Waals surface area (Å²) in [7, 11) is 1.59. The van der Waals surface area contributed by atoms with Gasteiger partial charge in [-0.1, -0.05) is 13.8 Å². The fourth-order valence-corrected chi connectivity index (χ4v) is 5.50. The minimum atomic E-state index is -0.309. The fraction of sp³-hybridized carbons (Fsp3) is 0.320. The van der Waals surface area contributed by atoms with Gasteiger partial charge in [-0.25, -0.2) is 4.52 Å². The molecule has 0 bridgehead atoms. The SMILES string of the molecule is COc1cnccc1-c1cn2ncc(C(=O)Nc3cc(NC(=O)CN4CC(C)(C)C4)cnc3C)c2s1. The highest BCUT2D eigenvalue weighted by atomic mass is 32.1. The lowest BCUT2D eigenvalue weighted by Gasteiger charge is -2.45. The van der Waals surface area contributed by atoms with Crippen molar-refractivity contribution < 1.29 is 14.3 Å². The van der Waals surface area contributed by atoms with Crippen molar-refractivity contribution in [3.05, 3.63) is 54.4 Å². The number of rotatable bonds is 7. The van der Waals surface area contributed by atoms with E-state index >= 15 is 0 Å². The quantitative estimate of drug-likeness (QED) is 0.394. The first-order chi connectivity index (χ1) is 17.2. The second-order valence-electron chi connectivity index (χ2n) is 9.65. The van der Waals surface area contributed by atoms with Gasteiger partial charge in [-0.05, 0) is 24.5 Å². The van der Waals surface area contributed by atoms with Gasteiger partial charge < -0.3 is 15.4 Å². The Morgan fingerprint density at radius 1 is 1.19 bits per heavy atom. The third-order valence-electron chi connectivity index (χ3n) is 6.00. The molecule has 1 aliphatic rings. The summed E-state index contributed by atoms with van der Waals surface area (Å²) in [5.41, 5.74) is 3.27. The van der Waals surface area contributed by atoms with E-state index in [4.69, 9.17) is 4.74 Å². The molecule has 11 heteroatoms. The maximum absolute atomic E-state index is 13.2. The number of pyridine rings is 2. The molecule has 2 N–H and O–H groups in total. The lowest BCUT2D eigenvalue weighted by molar-refractivity contribution is -0.120. The van der Waals surface area contributed by atoms with Crippen molar-refractivity contribution in [2.24, 2.45) is 5.41 Å². The van der Waals surface area contributed by atoms with Crippen molar-refractivity contribution in [2.45, 2.75) is 20.8 Å². The number of thiazole rings is 1. The first-order valence-corrected chi connectivity index (χ1v) is 12.3. The Hall–Kier alpha value is -3.83. The maximum Gasteiger partial charge on any atom is 0.260 e. The highest BCUT2D eigenvalue weighted by Crippen LogP contribution is 2.35. The van der Waals surface area contributed by atoms with Gasteiger partial charge in [-0.2, -0.15) is 5.10 Å². The zero-order valence-electron chi connectivity index (χ0n) is 20.5. The van der Waals surface area contributed by atoms with Crippen molar-refractivity contribution in [3.63, 3.8) is 0 Å². The van der Waals surface area contributed by atoms with Crippen LogP contribution in [0.15, 0.2) is 43.1 Å². The van der Waals surface area contributed by atoms with Crippen molar-refractivity contribution >= 4 is 39.4 Å². The summed E-state index contributed by atoms with van der Waals surface area (Å²) >= 11 is 1.44. The summed E-state index contributed by atoms with van der Waals surface area (Å²) in [6.45, 7) is 8.29. The molecule has 1 fully saturated rings. The number of hydrogen-bond acceptors (Lipinski definition) is 8. The number of ether oxygens (including phenoxy) is 1. The molecular weight excluding hydrogens is 478 g/mol. The Morgan fingerprint density at radius 3 is 2.75 bits per heavy atom. The van der Waals surface area contributed by atoms with Crippen LogP contribution >= 0.6 is 11.3 Å². The number of aromatic nitrogens is 4. The van der Waals surface area contributed by atoms with Gasteiger partial charge in [-0.15, -0.1) is 11.3 Å². The monoisotopic (exact) mass is 505 g/mol. The molecule has 0 radical (unpaired) electrons. The molecule has 1 saturated heterocycles. The van der Waals surface area contributed by atoms with E-state index in [1.807, 2.05) is 12.3 Å². The summed E-state index contributed by atoms with van der Waals surface area (Å²) in [6.07, 6.45) is 8.33. The second kappa shape index (κ2) is 9.32. The van der Waals surface area contributed by atoms with Crippen LogP contribution in [-0.4, -0.2) is 63.0 Å². The second-order valence-corrected chi connectivity index (χ2v) is 10.7. The number of aryl methyl sites for hydroxylation is 1. The van der Waals surface area contributed by atoms with E-state index in [0.717, 1.165) is 23.5 Å². The first kappa shape index (κ1) is 23.9. The molecule has 0 spiro atoms. The van der Waals surface area contributed by atoms with Crippen LogP contribution in [0.3, 0.4) is 0 Å². The van der Waals surface area contributed by atoms with Crippen molar-refractivity contribution in [1.82, 2.24) is 24.5 Å². The molecule has 5 rings (SSSR count). The number of likely N-dealkylation sites (tertiary alicyclic amines) is 1. The van der Waals surface area contributed by atoms with E-state index in [9.17, 15) is 9.59 Å². The molecule has 0 aliphatic carbocycles. The van der Waals surface area contributed by atoms with Gasteiger partial charge in [0.1, 0.15) is 10.6 Å². The normalized spacial score (nSPS) is 14.9. The Morgan fingerprint density at radius 2 is 2.00 bits per heavy atom. The van der Waals surface area contributed by atoms with Gasteiger partial charge in [-0.3, -0.25) is 24.5 Å². The number of nitrogens with zero attached hydrogens (tertiary/aromatic N) is 5. The molecule has 0 aromatic carbocycles. The van der Waals surface area contributed by atoms with E-state index in [1.54, 1.807) is 43.2 Å². The van der Waals surface area contributed by atoms with Gasteiger partial charge in [0.25, 0.3) is 5.91 Å². The highest BCUT2D eigenvalue weighted by molar-refractivity contribution is 7.21. The van der Waals surface area contributed by atoms with Gasteiger partial charge >= 0.3 is 0 Å². The average molecular weight is 506 g/mol. The molecule has 5 heterocycles. The number of methoxy groups -OCH3 is 1. The highest BCUT2D eigenvalue weighted by Gasteiger charge is 2.34. The van der Waals surface area contributed by atoms with Crippen LogP contribution in [0, 0.1) is 12.3 Å². The predicted octanol–water partition coefficient (Wildman–Crippen LogP) is 3.70. The van der Waals surface area contributed by atoms with Crippen LogP contribution in [0.25, 0.3) is 15.3 Å². The van der Waals surface area contributed by atoms with E-state index < -0.39 is 0 Å². The number of nitrogens with one attached hydrogen (secondary N) is 2. The Bertz CT molecular complexity index is 1450. The fourth-order valence-electron chi connectivity index (χ4n) is 4.41. The predicted molar refractivity (Wildman–Crippen MR) is 139 cm³/mol. The van der Waals surface area contributed by atoms with E-state index in [1.165, 1.54) is 17.5 Å². The number of hydrogen-bond donors (Lipinski definition) is 2. The molecule has 186 valence electrons. The van der Waals surface area contributed by atoms with E-state index in [2.05, 4.69) is 44.4 Å². The van der Waals surface area contributed by atoms with Crippen molar-refractivity contribution in [3.8, 4) is 16.2 Å². The number of fused-ring (bicyclic) bond motifs is 1.